The summed E-state index contributed by atoms with van der Waals surface area (Å²) >= 11 is 0. The second-order valence-electron chi connectivity index (χ2n) is 4.41. The van der Waals surface area contributed by atoms with Crippen molar-refractivity contribution in [1.29, 1.82) is 0 Å². The number of aromatic nitrogens is 2. The van der Waals surface area contributed by atoms with Crippen LogP contribution in [0.15, 0.2) is 35.0 Å². The number of fused-ring (bicyclic) bond motifs is 1. The summed E-state index contributed by atoms with van der Waals surface area (Å²) in [6.45, 7) is 2.63. The number of rotatable bonds is 3. The maximum Gasteiger partial charge on any atom is 0.196 e. The molecule has 3 aromatic rings. The molecule has 0 aliphatic carbocycles. The van der Waals surface area contributed by atoms with Crippen molar-refractivity contribution in [2.45, 2.75) is 13.3 Å². The van der Waals surface area contributed by atoms with Gasteiger partial charge in [-0.05, 0) is 18.6 Å². The summed E-state index contributed by atoms with van der Waals surface area (Å²) in [5, 5.41) is 1.15. The maximum atomic E-state index is 5.70. The van der Waals surface area contributed by atoms with E-state index in [9.17, 15) is 0 Å². The van der Waals surface area contributed by atoms with Gasteiger partial charge in [0.05, 0.1) is 6.20 Å². The molecule has 0 amide bonds. The summed E-state index contributed by atoms with van der Waals surface area (Å²) in [6, 6.07) is 6.31. The molecule has 0 saturated carbocycles. The third-order valence-corrected chi connectivity index (χ3v) is 3.01. The summed E-state index contributed by atoms with van der Waals surface area (Å²) in [7, 11) is 0. The molecule has 2 aromatic heterocycles. The van der Waals surface area contributed by atoms with E-state index in [2.05, 4.69) is 35.1 Å². The Morgan fingerprint density at radius 1 is 1.39 bits per heavy atom. The Labute approximate surface area is 105 Å². The smallest absolute Gasteiger partial charge is 0.196 e. The Bertz CT molecular complexity index is 681. The highest BCUT2D eigenvalue weighted by Crippen LogP contribution is 2.29. The van der Waals surface area contributed by atoms with Crippen molar-refractivity contribution in [3.05, 3.63) is 42.0 Å². The van der Waals surface area contributed by atoms with Gasteiger partial charge < -0.3 is 15.1 Å². The van der Waals surface area contributed by atoms with Crippen LogP contribution in [0.25, 0.3) is 22.2 Å². The highest BCUT2D eigenvalue weighted by atomic mass is 16.4. The average Bonchev–Trinajstić information content (AvgIpc) is 2.95. The highest BCUT2D eigenvalue weighted by molar-refractivity contribution is 5.94. The van der Waals surface area contributed by atoms with Gasteiger partial charge in [-0.1, -0.05) is 12.1 Å². The molecule has 2 heterocycles. The molecule has 3 N–H and O–H groups in total. The van der Waals surface area contributed by atoms with Crippen molar-refractivity contribution in [2.24, 2.45) is 5.73 Å². The van der Waals surface area contributed by atoms with Gasteiger partial charge in [-0.25, -0.2) is 4.98 Å². The molecule has 0 radical (unpaired) electrons. The lowest BCUT2D eigenvalue weighted by Gasteiger charge is -1.96. The topological polar surface area (TPSA) is 67.8 Å². The molecule has 0 atom stereocenters. The molecule has 1 aromatic carbocycles. The number of benzene rings is 1. The van der Waals surface area contributed by atoms with E-state index in [4.69, 9.17) is 10.2 Å². The first kappa shape index (κ1) is 11.0. The molecule has 0 spiro atoms. The lowest BCUT2D eigenvalue weighted by molar-refractivity contribution is 0.508. The number of nitrogens with zero attached hydrogens (tertiary/aromatic N) is 1. The monoisotopic (exact) mass is 241 g/mol. The first-order chi connectivity index (χ1) is 8.78. The number of hydrogen-bond acceptors (Lipinski definition) is 3. The largest absolute Gasteiger partial charge is 0.441 e. The van der Waals surface area contributed by atoms with Crippen LogP contribution in [-0.2, 0) is 6.42 Å². The zero-order valence-corrected chi connectivity index (χ0v) is 10.2. The fourth-order valence-corrected chi connectivity index (χ4v) is 2.12. The van der Waals surface area contributed by atoms with Crippen molar-refractivity contribution in [3.8, 4) is 11.3 Å². The fourth-order valence-electron chi connectivity index (χ4n) is 2.12. The first-order valence-corrected chi connectivity index (χ1v) is 6.01. The minimum Gasteiger partial charge on any atom is -0.441 e. The van der Waals surface area contributed by atoms with Crippen molar-refractivity contribution in [1.82, 2.24) is 9.97 Å². The van der Waals surface area contributed by atoms with E-state index in [0.29, 0.717) is 18.9 Å². The lowest BCUT2D eigenvalue weighted by atomic mass is 10.1. The van der Waals surface area contributed by atoms with Crippen LogP contribution in [0, 0.1) is 6.92 Å². The van der Waals surface area contributed by atoms with Crippen LogP contribution < -0.4 is 5.73 Å². The first-order valence-electron chi connectivity index (χ1n) is 6.01. The Kier molecular flexibility index (Phi) is 2.64. The van der Waals surface area contributed by atoms with E-state index in [1.165, 1.54) is 5.56 Å². The molecule has 0 aliphatic rings. The summed E-state index contributed by atoms with van der Waals surface area (Å²) < 4.78 is 5.70. The van der Waals surface area contributed by atoms with E-state index < -0.39 is 0 Å². The zero-order chi connectivity index (χ0) is 12.5. The van der Waals surface area contributed by atoms with Crippen molar-refractivity contribution >= 4 is 10.9 Å². The molecule has 0 bridgehead atoms. The number of nitrogens with one attached hydrogen (secondary N) is 1. The minimum absolute atomic E-state index is 0.549. The van der Waals surface area contributed by atoms with E-state index in [1.807, 2.05) is 6.20 Å². The van der Waals surface area contributed by atoms with Gasteiger partial charge in [0, 0.05) is 35.6 Å². The molecule has 0 fully saturated rings. The molecular formula is C14H15N3O. The van der Waals surface area contributed by atoms with E-state index in [1.54, 1.807) is 6.20 Å². The third-order valence-electron chi connectivity index (χ3n) is 3.01. The Morgan fingerprint density at radius 3 is 3.11 bits per heavy atom. The summed E-state index contributed by atoms with van der Waals surface area (Å²) in [6.07, 6.45) is 4.38. The van der Waals surface area contributed by atoms with Crippen molar-refractivity contribution in [3.63, 3.8) is 0 Å². The van der Waals surface area contributed by atoms with Crippen LogP contribution in [0.4, 0.5) is 0 Å². The number of nitrogens with two attached hydrogens (primary N) is 1. The highest BCUT2D eigenvalue weighted by Gasteiger charge is 2.11. The quantitative estimate of drug-likeness (QED) is 0.740. The number of aryl methyl sites for hydroxylation is 1. The third kappa shape index (κ3) is 1.80. The molecular weight excluding hydrogens is 226 g/mol. The summed E-state index contributed by atoms with van der Waals surface area (Å²) in [5.41, 5.74) is 8.88. The fraction of sp³-hybridized carbons (Fsp3) is 0.214. The predicted octanol–water partition coefficient (Wildman–Crippen LogP) is 2.63. The molecule has 92 valence electrons. The van der Waals surface area contributed by atoms with Crippen LogP contribution >= 0.6 is 0 Å². The number of oxazole rings is 1. The standard InChI is InChI=1S/C14H15N3O/c1-9-2-3-10-11(7-16-12(10)6-9)13-8-17-14(18-13)4-5-15/h2-3,6-8,16H,4-5,15H2,1H3. The van der Waals surface area contributed by atoms with E-state index in [-0.39, 0.29) is 0 Å². The Morgan fingerprint density at radius 2 is 2.28 bits per heavy atom. The molecule has 18 heavy (non-hydrogen) atoms. The molecule has 4 nitrogen and oxygen atoms in total. The van der Waals surface area contributed by atoms with Gasteiger partial charge in [0.25, 0.3) is 0 Å². The van der Waals surface area contributed by atoms with Crippen LogP contribution in [0.5, 0.6) is 0 Å². The van der Waals surface area contributed by atoms with Crippen LogP contribution in [0.2, 0.25) is 0 Å². The normalized spacial score (nSPS) is 11.2. The Balaban J connectivity index is 2.07. The van der Waals surface area contributed by atoms with Crippen molar-refractivity contribution < 1.29 is 4.42 Å². The minimum atomic E-state index is 0.549. The Hall–Kier alpha value is -2.07. The average molecular weight is 241 g/mol. The van der Waals surface area contributed by atoms with Gasteiger partial charge in [-0.15, -0.1) is 0 Å². The predicted molar refractivity (Wildman–Crippen MR) is 71.3 cm³/mol. The number of H-pyrrole nitrogens is 1. The van der Waals surface area contributed by atoms with Crippen molar-refractivity contribution in [2.75, 3.05) is 6.54 Å². The molecule has 0 unspecified atom stereocenters. The molecule has 0 saturated heterocycles. The summed E-state index contributed by atoms with van der Waals surface area (Å²) in [4.78, 5) is 7.48. The van der Waals surface area contributed by atoms with E-state index >= 15 is 0 Å². The second-order valence-corrected chi connectivity index (χ2v) is 4.41. The van der Waals surface area contributed by atoms with Crippen LogP contribution in [-0.4, -0.2) is 16.5 Å². The van der Waals surface area contributed by atoms with E-state index in [0.717, 1.165) is 22.2 Å². The zero-order valence-electron chi connectivity index (χ0n) is 10.2. The lowest BCUT2D eigenvalue weighted by Crippen LogP contribution is -2.02. The number of aromatic amines is 1. The van der Waals surface area contributed by atoms with Crippen LogP contribution in [0.3, 0.4) is 0 Å². The van der Waals surface area contributed by atoms with Crippen LogP contribution in [0.1, 0.15) is 11.5 Å². The molecule has 3 rings (SSSR count). The molecule has 0 aliphatic heterocycles. The van der Waals surface area contributed by atoms with Gasteiger partial charge in [0.1, 0.15) is 0 Å². The maximum absolute atomic E-state index is 5.70. The SMILES string of the molecule is Cc1ccc2c(-c3cnc(CCN)o3)c[nH]c2c1. The number of hydrogen-bond donors (Lipinski definition) is 2. The van der Waals surface area contributed by atoms with Gasteiger partial charge in [0.15, 0.2) is 11.7 Å². The van der Waals surface area contributed by atoms with Gasteiger partial charge in [-0.2, -0.15) is 0 Å². The second kappa shape index (κ2) is 4.31. The molecule has 4 heteroatoms. The van der Waals surface area contributed by atoms with Gasteiger partial charge >= 0.3 is 0 Å². The van der Waals surface area contributed by atoms with Gasteiger partial charge in [0.2, 0.25) is 0 Å². The summed E-state index contributed by atoms with van der Waals surface area (Å²) in [5.74, 6) is 1.47. The van der Waals surface area contributed by atoms with Gasteiger partial charge in [-0.3, -0.25) is 0 Å².